The second-order valence-electron chi connectivity index (χ2n) is 5.80. The number of benzene rings is 2. The molecule has 0 bridgehead atoms. The fraction of sp³-hybridized carbons (Fsp3) is 0.211. The van der Waals surface area contributed by atoms with E-state index in [1.807, 2.05) is 29.1 Å². The summed E-state index contributed by atoms with van der Waals surface area (Å²) in [5.74, 6) is 0.958. The summed E-state index contributed by atoms with van der Waals surface area (Å²) in [6.45, 7) is 4.96. The van der Waals surface area contributed by atoms with Gasteiger partial charge in [-0.25, -0.2) is 4.68 Å². The van der Waals surface area contributed by atoms with E-state index in [9.17, 15) is 0 Å². The summed E-state index contributed by atoms with van der Waals surface area (Å²) >= 11 is 0. The molecule has 2 aromatic carbocycles. The number of hydrogen-bond acceptors (Lipinski definition) is 2. The van der Waals surface area contributed by atoms with E-state index in [1.165, 1.54) is 16.7 Å². The zero-order chi connectivity index (χ0) is 15.1. The van der Waals surface area contributed by atoms with E-state index in [4.69, 9.17) is 4.74 Å². The van der Waals surface area contributed by atoms with Gasteiger partial charge in [-0.3, -0.25) is 0 Å². The third-order valence-corrected chi connectivity index (χ3v) is 4.33. The molecule has 0 aliphatic carbocycles. The highest BCUT2D eigenvalue weighted by Gasteiger charge is 2.21. The van der Waals surface area contributed by atoms with Crippen LogP contribution in [0.1, 0.15) is 16.7 Å². The summed E-state index contributed by atoms with van der Waals surface area (Å²) in [6, 6.07) is 14.6. The lowest BCUT2D eigenvalue weighted by Crippen LogP contribution is -2.00. The highest BCUT2D eigenvalue weighted by molar-refractivity contribution is 5.74. The lowest BCUT2D eigenvalue weighted by atomic mass is 10.0. The summed E-state index contributed by atoms with van der Waals surface area (Å²) in [7, 11) is 0. The van der Waals surface area contributed by atoms with Gasteiger partial charge in [0.15, 0.2) is 0 Å². The molecule has 1 aromatic heterocycles. The number of fused-ring (bicyclic) bond motifs is 3. The van der Waals surface area contributed by atoms with E-state index >= 15 is 0 Å². The molecule has 3 aromatic rings. The van der Waals surface area contributed by atoms with Crippen molar-refractivity contribution in [3.05, 3.63) is 65.4 Å². The lowest BCUT2D eigenvalue weighted by molar-refractivity contribution is 0.326. The highest BCUT2D eigenvalue weighted by Crippen LogP contribution is 2.38. The van der Waals surface area contributed by atoms with Gasteiger partial charge in [-0.1, -0.05) is 18.2 Å². The fourth-order valence-corrected chi connectivity index (χ4v) is 2.98. The number of aryl methyl sites for hydroxylation is 2. The Bertz CT molecular complexity index is 834. The number of ether oxygens (including phenoxy) is 1. The highest BCUT2D eigenvalue weighted by atomic mass is 16.5. The molecule has 0 spiro atoms. The van der Waals surface area contributed by atoms with Crippen LogP contribution >= 0.6 is 0 Å². The molecule has 110 valence electrons. The molecule has 0 fully saturated rings. The van der Waals surface area contributed by atoms with Crippen LogP contribution < -0.4 is 4.74 Å². The molecule has 0 unspecified atom stereocenters. The zero-order valence-corrected chi connectivity index (χ0v) is 12.8. The van der Waals surface area contributed by atoms with Crippen molar-refractivity contribution in [2.45, 2.75) is 20.3 Å². The average Bonchev–Trinajstić information content (AvgIpc) is 2.87. The molecule has 1 aliphatic heterocycles. The van der Waals surface area contributed by atoms with Crippen molar-refractivity contribution in [3.63, 3.8) is 0 Å². The van der Waals surface area contributed by atoms with Crippen LogP contribution in [0.25, 0.3) is 16.9 Å². The Morgan fingerprint density at radius 2 is 1.82 bits per heavy atom. The van der Waals surface area contributed by atoms with Gasteiger partial charge >= 0.3 is 0 Å². The first-order chi connectivity index (χ1) is 10.7. The molecular formula is C19H18N2O. The Morgan fingerprint density at radius 1 is 1.05 bits per heavy atom. The topological polar surface area (TPSA) is 27.1 Å². The van der Waals surface area contributed by atoms with Crippen molar-refractivity contribution in [3.8, 4) is 22.7 Å². The van der Waals surface area contributed by atoms with Crippen LogP contribution in [0.2, 0.25) is 0 Å². The van der Waals surface area contributed by atoms with Crippen LogP contribution in [-0.2, 0) is 6.42 Å². The van der Waals surface area contributed by atoms with Crippen molar-refractivity contribution < 1.29 is 4.74 Å². The van der Waals surface area contributed by atoms with Crippen molar-refractivity contribution in [2.75, 3.05) is 6.61 Å². The molecule has 22 heavy (non-hydrogen) atoms. The van der Waals surface area contributed by atoms with E-state index < -0.39 is 0 Å². The summed E-state index contributed by atoms with van der Waals surface area (Å²) in [5, 5.41) is 4.62. The fourth-order valence-electron chi connectivity index (χ4n) is 2.98. The van der Waals surface area contributed by atoms with E-state index in [0.29, 0.717) is 6.61 Å². The first-order valence-corrected chi connectivity index (χ1v) is 7.61. The molecule has 3 heteroatoms. The first kappa shape index (κ1) is 13.1. The second kappa shape index (κ2) is 5.02. The smallest absolute Gasteiger partial charge is 0.128 e. The molecule has 0 N–H and O–H groups in total. The van der Waals surface area contributed by atoms with E-state index in [1.54, 1.807) is 0 Å². The van der Waals surface area contributed by atoms with Crippen LogP contribution in [-0.4, -0.2) is 16.4 Å². The van der Waals surface area contributed by atoms with Crippen LogP contribution in [0.15, 0.2) is 48.7 Å². The Labute approximate surface area is 130 Å². The monoisotopic (exact) mass is 290 g/mol. The summed E-state index contributed by atoms with van der Waals surface area (Å²) in [4.78, 5) is 0. The molecular weight excluding hydrogens is 272 g/mol. The predicted molar refractivity (Wildman–Crippen MR) is 87.7 cm³/mol. The third-order valence-electron chi connectivity index (χ3n) is 4.33. The summed E-state index contributed by atoms with van der Waals surface area (Å²) < 4.78 is 8.00. The molecule has 3 nitrogen and oxygen atoms in total. The largest absolute Gasteiger partial charge is 0.493 e. The first-order valence-electron chi connectivity index (χ1n) is 7.61. The van der Waals surface area contributed by atoms with Crippen LogP contribution in [0.3, 0.4) is 0 Å². The van der Waals surface area contributed by atoms with Gasteiger partial charge in [0, 0.05) is 17.5 Å². The van der Waals surface area contributed by atoms with Gasteiger partial charge in [-0.2, -0.15) is 5.10 Å². The standard InChI is InChI=1S/C19H18N2O/c1-13-10-17-18(11-14(13)2)22-9-8-15-12-20-21(19(15)17)16-6-4-3-5-7-16/h3-7,10-12H,8-9H2,1-2H3. The van der Waals surface area contributed by atoms with Gasteiger partial charge in [-0.15, -0.1) is 0 Å². The lowest BCUT2D eigenvalue weighted by Gasteiger charge is -2.13. The Balaban J connectivity index is 1.99. The minimum atomic E-state index is 0.697. The minimum Gasteiger partial charge on any atom is -0.493 e. The molecule has 0 radical (unpaired) electrons. The molecule has 4 rings (SSSR count). The second-order valence-corrected chi connectivity index (χ2v) is 5.80. The van der Waals surface area contributed by atoms with Crippen molar-refractivity contribution in [1.82, 2.24) is 9.78 Å². The van der Waals surface area contributed by atoms with Crippen LogP contribution in [0.5, 0.6) is 5.75 Å². The van der Waals surface area contributed by atoms with E-state index in [2.05, 4.69) is 43.2 Å². The third kappa shape index (κ3) is 2.01. The van der Waals surface area contributed by atoms with E-state index in [0.717, 1.165) is 29.1 Å². The molecule has 1 aliphatic rings. The van der Waals surface area contributed by atoms with Gasteiger partial charge in [0.1, 0.15) is 5.75 Å². The molecule has 0 atom stereocenters. The number of nitrogens with zero attached hydrogens (tertiary/aromatic N) is 2. The van der Waals surface area contributed by atoms with Crippen molar-refractivity contribution in [2.24, 2.45) is 0 Å². The molecule has 0 saturated heterocycles. The number of aromatic nitrogens is 2. The van der Waals surface area contributed by atoms with E-state index in [-0.39, 0.29) is 0 Å². The van der Waals surface area contributed by atoms with Gasteiger partial charge < -0.3 is 4.74 Å². The SMILES string of the molecule is Cc1cc2c(cc1C)-c1c(cnn1-c1ccccc1)CCO2. The number of para-hydroxylation sites is 1. The van der Waals surface area contributed by atoms with Gasteiger partial charge in [-0.05, 0) is 49.2 Å². The summed E-state index contributed by atoms with van der Waals surface area (Å²) in [6.07, 6.45) is 2.85. The quantitative estimate of drug-likeness (QED) is 0.675. The Kier molecular flexibility index (Phi) is 3.00. The number of hydrogen-bond donors (Lipinski definition) is 0. The van der Waals surface area contributed by atoms with Crippen molar-refractivity contribution in [1.29, 1.82) is 0 Å². The van der Waals surface area contributed by atoms with Crippen molar-refractivity contribution >= 4 is 0 Å². The minimum absolute atomic E-state index is 0.697. The molecule has 2 heterocycles. The maximum Gasteiger partial charge on any atom is 0.128 e. The maximum atomic E-state index is 5.97. The Morgan fingerprint density at radius 3 is 2.64 bits per heavy atom. The maximum absolute atomic E-state index is 5.97. The number of rotatable bonds is 1. The Hall–Kier alpha value is -2.55. The normalized spacial score (nSPS) is 13.0. The van der Waals surface area contributed by atoms with Gasteiger partial charge in [0.2, 0.25) is 0 Å². The molecule has 0 amide bonds. The zero-order valence-electron chi connectivity index (χ0n) is 12.8. The van der Waals surface area contributed by atoms with Crippen LogP contribution in [0.4, 0.5) is 0 Å². The average molecular weight is 290 g/mol. The van der Waals surface area contributed by atoms with Gasteiger partial charge in [0.25, 0.3) is 0 Å². The predicted octanol–water partition coefficient (Wildman–Crippen LogP) is 4.09. The molecule has 0 saturated carbocycles. The summed E-state index contributed by atoms with van der Waals surface area (Å²) in [5.41, 5.74) is 7.14. The van der Waals surface area contributed by atoms with Gasteiger partial charge in [0.05, 0.1) is 24.2 Å². The van der Waals surface area contributed by atoms with Crippen LogP contribution in [0, 0.1) is 13.8 Å².